The van der Waals surface area contributed by atoms with Gasteiger partial charge in [-0.1, -0.05) is 30.3 Å². The molecule has 160 valence electrons. The summed E-state index contributed by atoms with van der Waals surface area (Å²) in [5.74, 6) is 0.740. The van der Waals surface area contributed by atoms with Gasteiger partial charge in [0.25, 0.3) is 0 Å². The maximum Gasteiger partial charge on any atom is 0.245 e. The van der Waals surface area contributed by atoms with Crippen LogP contribution < -0.4 is 4.74 Å². The molecule has 3 rings (SSSR count). The number of piperidine rings is 1. The topological polar surface area (TPSA) is 70.4 Å². The largest absolute Gasteiger partial charge is 0.496 e. The van der Waals surface area contributed by atoms with E-state index >= 15 is 0 Å². The Kier molecular flexibility index (Phi) is 7.49. The first-order valence-electron chi connectivity index (χ1n) is 10.3. The van der Waals surface area contributed by atoms with Gasteiger partial charge in [0, 0.05) is 31.0 Å². The van der Waals surface area contributed by atoms with Crippen LogP contribution in [0.15, 0.2) is 49.1 Å². The predicted molar refractivity (Wildman–Crippen MR) is 121 cm³/mol. The maximum absolute atomic E-state index is 12.8. The number of rotatable bonds is 7. The summed E-state index contributed by atoms with van der Waals surface area (Å²) in [5, 5.41) is 9.71. The Balaban J connectivity index is 1.72. The number of carbonyl (C=O) groups excluding carboxylic acids is 2. The van der Waals surface area contributed by atoms with Crippen LogP contribution in [0.25, 0.3) is 11.1 Å². The molecule has 0 bridgehead atoms. The predicted octanol–water partition coefficient (Wildman–Crippen LogP) is 4.81. The van der Waals surface area contributed by atoms with Gasteiger partial charge in [0.1, 0.15) is 11.5 Å². The van der Waals surface area contributed by atoms with E-state index in [1.54, 1.807) is 30.2 Å². The molecular weight excluding hydrogens is 412 g/mol. The number of amides is 1. The van der Waals surface area contributed by atoms with Crippen LogP contribution in [-0.4, -0.2) is 36.8 Å². The van der Waals surface area contributed by atoms with Gasteiger partial charge in [-0.25, -0.2) is 0 Å². The van der Waals surface area contributed by atoms with Crippen LogP contribution in [0.4, 0.5) is 0 Å². The molecule has 2 aromatic rings. The number of methoxy groups -OCH3 is 1. The SMILES string of the molecule is C=CC(=O)N1CCC(C(=O)CCc2cc(-c3cccc(C#N)c3)c(Cl)cc2OC)CC1. The van der Waals surface area contributed by atoms with Crippen molar-refractivity contribution in [1.29, 1.82) is 5.26 Å². The summed E-state index contributed by atoms with van der Waals surface area (Å²) in [6.45, 7) is 4.70. The molecule has 0 radical (unpaired) electrons. The van der Waals surface area contributed by atoms with Crippen LogP contribution >= 0.6 is 11.6 Å². The summed E-state index contributed by atoms with van der Waals surface area (Å²) >= 11 is 6.48. The lowest BCUT2D eigenvalue weighted by Crippen LogP contribution is -2.39. The van der Waals surface area contributed by atoms with Crippen molar-refractivity contribution in [2.24, 2.45) is 5.92 Å². The van der Waals surface area contributed by atoms with Gasteiger partial charge < -0.3 is 9.64 Å². The van der Waals surface area contributed by atoms with Gasteiger partial charge in [-0.05, 0) is 60.7 Å². The fourth-order valence-electron chi connectivity index (χ4n) is 3.98. The Hall–Kier alpha value is -3.10. The number of benzene rings is 2. The van der Waals surface area contributed by atoms with Gasteiger partial charge in [0.15, 0.2) is 0 Å². The molecule has 0 atom stereocenters. The summed E-state index contributed by atoms with van der Waals surface area (Å²) in [6, 6.07) is 13.1. The zero-order chi connectivity index (χ0) is 22.4. The Morgan fingerprint density at radius 1 is 1.29 bits per heavy atom. The fraction of sp³-hybridized carbons (Fsp3) is 0.320. The van der Waals surface area contributed by atoms with Crippen LogP contribution in [0.1, 0.15) is 30.4 Å². The van der Waals surface area contributed by atoms with E-state index in [-0.39, 0.29) is 17.6 Å². The molecule has 0 spiro atoms. The molecule has 0 unspecified atom stereocenters. The number of likely N-dealkylation sites (tertiary alicyclic amines) is 1. The van der Waals surface area contributed by atoms with Crippen molar-refractivity contribution in [3.63, 3.8) is 0 Å². The number of hydrogen-bond acceptors (Lipinski definition) is 4. The van der Waals surface area contributed by atoms with Gasteiger partial charge in [0.05, 0.1) is 23.8 Å². The van der Waals surface area contributed by atoms with Crippen LogP contribution in [0, 0.1) is 17.2 Å². The number of Topliss-reactive ketones (excluding diaryl/α,β-unsaturated/α-hetero) is 1. The summed E-state index contributed by atoms with van der Waals surface area (Å²) in [7, 11) is 1.58. The smallest absolute Gasteiger partial charge is 0.245 e. The van der Waals surface area contributed by atoms with Crippen LogP contribution in [0.5, 0.6) is 5.75 Å². The van der Waals surface area contributed by atoms with E-state index in [1.807, 2.05) is 18.2 Å². The second-order valence-corrected chi connectivity index (χ2v) is 8.01. The molecular formula is C25H25ClN2O3. The highest BCUT2D eigenvalue weighted by atomic mass is 35.5. The van der Waals surface area contributed by atoms with E-state index in [1.165, 1.54) is 6.08 Å². The first-order chi connectivity index (χ1) is 15.0. The minimum Gasteiger partial charge on any atom is -0.496 e. The third kappa shape index (κ3) is 5.34. The highest BCUT2D eigenvalue weighted by Crippen LogP contribution is 2.35. The highest BCUT2D eigenvalue weighted by molar-refractivity contribution is 6.33. The van der Waals surface area contributed by atoms with Gasteiger partial charge in [-0.3, -0.25) is 9.59 Å². The van der Waals surface area contributed by atoms with Crippen molar-refractivity contribution in [2.75, 3.05) is 20.2 Å². The van der Waals surface area contributed by atoms with E-state index in [9.17, 15) is 14.9 Å². The third-order valence-corrected chi connectivity index (χ3v) is 6.06. The number of hydrogen-bond donors (Lipinski definition) is 0. The lowest BCUT2D eigenvalue weighted by molar-refractivity contribution is -0.131. The van der Waals surface area contributed by atoms with E-state index in [4.69, 9.17) is 16.3 Å². The van der Waals surface area contributed by atoms with Crippen molar-refractivity contribution >= 4 is 23.3 Å². The first kappa shape index (κ1) is 22.6. The fourth-order valence-corrected chi connectivity index (χ4v) is 4.24. The Morgan fingerprint density at radius 3 is 2.68 bits per heavy atom. The Labute approximate surface area is 187 Å². The molecule has 1 heterocycles. The molecule has 5 nitrogen and oxygen atoms in total. The average molecular weight is 437 g/mol. The van der Waals surface area contributed by atoms with Gasteiger partial charge in [-0.2, -0.15) is 5.26 Å². The molecule has 1 fully saturated rings. The Morgan fingerprint density at radius 2 is 2.03 bits per heavy atom. The van der Waals surface area contributed by atoms with E-state index in [0.717, 1.165) is 16.7 Å². The maximum atomic E-state index is 12.8. The number of nitriles is 1. The molecule has 1 amide bonds. The average Bonchev–Trinajstić information content (AvgIpc) is 2.82. The Bertz CT molecular complexity index is 1030. The summed E-state index contributed by atoms with van der Waals surface area (Å²) < 4.78 is 5.49. The molecule has 31 heavy (non-hydrogen) atoms. The standard InChI is InChI=1S/C25H25ClN2O3/c1-3-25(30)28-11-9-18(10-12-28)23(29)8-7-20-14-21(22(26)15-24(20)31-2)19-6-4-5-17(13-19)16-27/h3-6,13-15,18H,1,7-12H2,2H3. The number of ketones is 1. The summed E-state index contributed by atoms with van der Waals surface area (Å²) in [4.78, 5) is 26.3. The molecule has 1 aliphatic rings. The highest BCUT2D eigenvalue weighted by Gasteiger charge is 2.26. The van der Waals surface area contributed by atoms with Crippen molar-refractivity contribution in [3.05, 3.63) is 65.2 Å². The second-order valence-electron chi connectivity index (χ2n) is 7.61. The zero-order valence-electron chi connectivity index (χ0n) is 17.6. The number of carbonyl (C=O) groups is 2. The quantitative estimate of drug-likeness (QED) is 0.584. The lowest BCUT2D eigenvalue weighted by atomic mass is 9.89. The van der Waals surface area contributed by atoms with Crippen LogP contribution in [0.3, 0.4) is 0 Å². The minimum atomic E-state index is -0.0789. The first-order valence-corrected chi connectivity index (χ1v) is 10.7. The molecule has 0 aromatic heterocycles. The molecule has 6 heteroatoms. The zero-order valence-corrected chi connectivity index (χ0v) is 18.3. The number of ether oxygens (including phenoxy) is 1. The van der Waals surface area contributed by atoms with Gasteiger partial charge in [0.2, 0.25) is 5.91 Å². The molecule has 0 N–H and O–H groups in total. The molecule has 0 saturated carbocycles. The molecule has 1 saturated heterocycles. The van der Waals surface area contributed by atoms with Crippen molar-refractivity contribution in [3.8, 4) is 22.9 Å². The number of halogens is 1. The lowest BCUT2D eigenvalue weighted by Gasteiger charge is -2.30. The monoisotopic (exact) mass is 436 g/mol. The number of nitrogens with zero attached hydrogens (tertiary/aromatic N) is 2. The normalized spacial score (nSPS) is 14.0. The van der Waals surface area contributed by atoms with Crippen molar-refractivity contribution in [1.82, 2.24) is 4.90 Å². The van der Waals surface area contributed by atoms with E-state index in [0.29, 0.717) is 55.1 Å². The van der Waals surface area contributed by atoms with E-state index in [2.05, 4.69) is 12.6 Å². The second kappa shape index (κ2) is 10.3. The molecule has 1 aliphatic heterocycles. The van der Waals surface area contributed by atoms with Crippen molar-refractivity contribution < 1.29 is 14.3 Å². The number of aryl methyl sites for hydroxylation is 1. The van der Waals surface area contributed by atoms with Gasteiger partial charge in [-0.15, -0.1) is 0 Å². The van der Waals surface area contributed by atoms with Crippen molar-refractivity contribution in [2.45, 2.75) is 25.7 Å². The summed E-state index contributed by atoms with van der Waals surface area (Å²) in [5.41, 5.74) is 3.11. The van der Waals surface area contributed by atoms with Gasteiger partial charge >= 0.3 is 0 Å². The van der Waals surface area contributed by atoms with Crippen LogP contribution in [-0.2, 0) is 16.0 Å². The van der Waals surface area contributed by atoms with E-state index < -0.39 is 0 Å². The minimum absolute atomic E-state index is 0.0288. The third-order valence-electron chi connectivity index (χ3n) is 5.75. The summed E-state index contributed by atoms with van der Waals surface area (Å²) in [6.07, 6.45) is 3.62. The molecule has 0 aliphatic carbocycles. The van der Waals surface area contributed by atoms with Crippen LogP contribution in [0.2, 0.25) is 5.02 Å². The molecule has 2 aromatic carbocycles.